The number of aryl methyl sites for hydroxylation is 1. The van der Waals surface area contributed by atoms with Crippen molar-refractivity contribution in [3.05, 3.63) is 41.5 Å². The molecule has 0 aromatic heterocycles. The summed E-state index contributed by atoms with van der Waals surface area (Å²) in [7, 11) is -3.59. The molecule has 21 heavy (non-hydrogen) atoms. The van der Waals surface area contributed by atoms with Gasteiger partial charge in [0.25, 0.3) is 0 Å². The first-order valence-corrected chi connectivity index (χ1v) is 8.07. The van der Waals surface area contributed by atoms with E-state index in [0.717, 1.165) is 11.6 Å². The molecule has 0 heterocycles. The van der Waals surface area contributed by atoms with E-state index in [1.165, 1.54) is 12.1 Å². The molecule has 0 aliphatic rings. The molecule has 0 amide bonds. The van der Waals surface area contributed by atoms with Crippen LogP contribution in [0.3, 0.4) is 0 Å². The van der Waals surface area contributed by atoms with E-state index in [-0.39, 0.29) is 22.1 Å². The molecule has 0 aliphatic carbocycles. The summed E-state index contributed by atoms with van der Waals surface area (Å²) >= 11 is 0. The van der Waals surface area contributed by atoms with Crippen LogP contribution in [0.15, 0.2) is 35.2 Å². The number of ketones is 1. The van der Waals surface area contributed by atoms with Crippen LogP contribution >= 0.6 is 0 Å². The monoisotopic (exact) mass is 310 g/mol. The Morgan fingerprint density at radius 2 is 1.86 bits per heavy atom. The third-order valence-electron chi connectivity index (χ3n) is 2.67. The summed E-state index contributed by atoms with van der Waals surface area (Å²) in [5, 5.41) is 8.55. The fourth-order valence-corrected chi connectivity index (χ4v) is 3.70. The maximum Gasteiger partial charge on any atom is 0.328 e. The minimum Gasteiger partial charge on any atom is -0.478 e. The molecular weight excluding hydrogens is 292 g/mol. The first-order valence-electron chi connectivity index (χ1n) is 6.42. The molecule has 0 atom stereocenters. The molecule has 0 aliphatic heterocycles. The van der Waals surface area contributed by atoms with Crippen molar-refractivity contribution in [3.8, 4) is 0 Å². The van der Waals surface area contributed by atoms with Crippen molar-refractivity contribution in [2.24, 2.45) is 5.92 Å². The van der Waals surface area contributed by atoms with Gasteiger partial charge in [0.15, 0.2) is 15.6 Å². The highest BCUT2D eigenvalue weighted by molar-refractivity contribution is 7.91. The normalized spacial score (nSPS) is 12.0. The molecule has 114 valence electrons. The van der Waals surface area contributed by atoms with E-state index in [4.69, 9.17) is 5.11 Å². The fourth-order valence-electron chi connectivity index (χ4n) is 1.87. The third kappa shape index (κ3) is 4.82. The summed E-state index contributed by atoms with van der Waals surface area (Å²) in [5.41, 5.74) is 0.735. The van der Waals surface area contributed by atoms with Crippen LogP contribution in [0.25, 0.3) is 0 Å². The molecule has 1 rings (SSSR count). The minimum absolute atomic E-state index is 0.00755. The maximum atomic E-state index is 12.3. The van der Waals surface area contributed by atoms with E-state index in [9.17, 15) is 18.0 Å². The molecule has 6 heteroatoms. The smallest absolute Gasteiger partial charge is 0.328 e. The van der Waals surface area contributed by atoms with Gasteiger partial charge in [-0.25, -0.2) is 13.2 Å². The van der Waals surface area contributed by atoms with Crippen LogP contribution in [-0.4, -0.2) is 31.0 Å². The SMILES string of the molecule is Cc1ccc(S(=O)(=O)CC(C)C)c(C(=O)/C=C/C(=O)O)c1. The Morgan fingerprint density at radius 1 is 1.24 bits per heavy atom. The van der Waals surface area contributed by atoms with Gasteiger partial charge in [0.2, 0.25) is 0 Å². The van der Waals surface area contributed by atoms with Crippen LogP contribution in [0, 0.1) is 12.8 Å². The lowest BCUT2D eigenvalue weighted by molar-refractivity contribution is -0.131. The molecule has 0 radical (unpaired) electrons. The van der Waals surface area contributed by atoms with Gasteiger partial charge in [0.05, 0.1) is 10.6 Å². The lowest BCUT2D eigenvalue weighted by Gasteiger charge is -2.11. The van der Waals surface area contributed by atoms with E-state index >= 15 is 0 Å². The van der Waals surface area contributed by atoms with E-state index < -0.39 is 21.6 Å². The lowest BCUT2D eigenvalue weighted by atomic mass is 10.1. The number of rotatable bonds is 6. The van der Waals surface area contributed by atoms with E-state index in [1.807, 2.05) is 0 Å². The summed E-state index contributed by atoms with van der Waals surface area (Å²) in [4.78, 5) is 22.5. The molecule has 0 bridgehead atoms. The summed E-state index contributed by atoms with van der Waals surface area (Å²) in [6.45, 7) is 5.28. The standard InChI is InChI=1S/C15H18O5S/c1-10(2)9-21(19,20)14-6-4-11(3)8-12(14)13(16)5-7-15(17)18/h4-8,10H,9H2,1-3H3,(H,17,18)/b7-5+. The molecule has 0 saturated heterocycles. The maximum absolute atomic E-state index is 12.3. The van der Waals surface area contributed by atoms with Gasteiger partial charge in [0, 0.05) is 11.6 Å². The fraction of sp³-hybridized carbons (Fsp3) is 0.333. The van der Waals surface area contributed by atoms with Crippen molar-refractivity contribution in [2.75, 3.05) is 5.75 Å². The Bertz CT molecular complexity index is 684. The van der Waals surface area contributed by atoms with E-state index in [1.54, 1.807) is 26.8 Å². The van der Waals surface area contributed by atoms with E-state index in [0.29, 0.717) is 6.08 Å². The second-order valence-electron chi connectivity index (χ2n) is 5.21. The summed E-state index contributed by atoms with van der Waals surface area (Å²) in [6, 6.07) is 4.47. The van der Waals surface area contributed by atoms with Crippen LogP contribution in [-0.2, 0) is 14.6 Å². The van der Waals surface area contributed by atoms with Crippen LogP contribution < -0.4 is 0 Å². The first kappa shape index (κ1) is 17.1. The van der Waals surface area contributed by atoms with Gasteiger partial charge in [-0.1, -0.05) is 25.5 Å². The number of sulfone groups is 1. The average molecular weight is 310 g/mol. The van der Waals surface area contributed by atoms with Gasteiger partial charge in [-0.05, 0) is 31.1 Å². The highest BCUT2D eigenvalue weighted by Gasteiger charge is 2.22. The Labute approximate surface area is 124 Å². The molecule has 0 saturated carbocycles. The number of hydrogen-bond donors (Lipinski definition) is 1. The molecule has 5 nitrogen and oxygen atoms in total. The zero-order valence-electron chi connectivity index (χ0n) is 12.2. The summed E-state index contributed by atoms with van der Waals surface area (Å²) < 4.78 is 24.6. The number of carbonyl (C=O) groups excluding carboxylic acids is 1. The number of benzene rings is 1. The minimum atomic E-state index is -3.59. The second-order valence-corrected chi connectivity index (χ2v) is 7.21. The molecule has 1 aromatic rings. The highest BCUT2D eigenvalue weighted by Crippen LogP contribution is 2.21. The summed E-state index contributed by atoms with van der Waals surface area (Å²) in [5.74, 6) is -2.04. The quantitative estimate of drug-likeness (QED) is 0.643. The van der Waals surface area contributed by atoms with Gasteiger partial charge in [0.1, 0.15) is 0 Å². The zero-order chi connectivity index (χ0) is 16.2. The largest absolute Gasteiger partial charge is 0.478 e. The third-order valence-corrected chi connectivity index (χ3v) is 4.80. The Hall–Kier alpha value is -1.95. The number of carbonyl (C=O) groups is 2. The molecular formula is C15H18O5S. The first-order chi connectivity index (χ1) is 9.63. The van der Waals surface area contributed by atoms with Crippen LogP contribution in [0.5, 0.6) is 0 Å². The Morgan fingerprint density at radius 3 is 2.38 bits per heavy atom. The van der Waals surface area contributed by atoms with Gasteiger partial charge >= 0.3 is 5.97 Å². The number of carboxylic acid groups (broad SMARTS) is 1. The van der Waals surface area contributed by atoms with Crippen LogP contribution in [0.2, 0.25) is 0 Å². The van der Waals surface area contributed by atoms with E-state index in [2.05, 4.69) is 0 Å². The number of aliphatic carboxylic acids is 1. The topological polar surface area (TPSA) is 88.5 Å². The molecule has 1 N–H and O–H groups in total. The number of allylic oxidation sites excluding steroid dienone is 1. The lowest BCUT2D eigenvalue weighted by Crippen LogP contribution is -2.15. The molecule has 0 unspecified atom stereocenters. The van der Waals surface area contributed by atoms with Crippen molar-refractivity contribution < 1.29 is 23.1 Å². The van der Waals surface area contributed by atoms with Crippen molar-refractivity contribution in [1.82, 2.24) is 0 Å². The van der Waals surface area contributed by atoms with Crippen LogP contribution in [0.4, 0.5) is 0 Å². The number of hydrogen-bond acceptors (Lipinski definition) is 4. The van der Waals surface area contributed by atoms with Gasteiger partial charge in [-0.3, -0.25) is 4.79 Å². The zero-order valence-corrected chi connectivity index (χ0v) is 13.0. The Balaban J connectivity index is 3.35. The van der Waals surface area contributed by atoms with Crippen molar-refractivity contribution in [1.29, 1.82) is 0 Å². The average Bonchev–Trinajstić information content (AvgIpc) is 2.33. The van der Waals surface area contributed by atoms with Gasteiger partial charge in [-0.2, -0.15) is 0 Å². The molecule has 0 spiro atoms. The van der Waals surface area contributed by atoms with Crippen molar-refractivity contribution in [3.63, 3.8) is 0 Å². The Kier molecular flexibility index (Phi) is 5.43. The van der Waals surface area contributed by atoms with Crippen molar-refractivity contribution >= 4 is 21.6 Å². The van der Waals surface area contributed by atoms with Crippen LogP contribution in [0.1, 0.15) is 29.8 Å². The molecule has 1 aromatic carbocycles. The second kappa shape index (κ2) is 6.67. The molecule has 0 fully saturated rings. The predicted molar refractivity (Wildman–Crippen MR) is 79.2 cm³/mol. The summed E-state index contributed by atoms with van der Waals surface area (Å²) in [6.07, 6.45) is 1.56. The predicted octanol–water partition coefficient (Wildman–Crippen LogP) is 2.25. The van der Waals surface area contributed by atoms with Crippen molar-refractivity contribution in [2.45, 2.75) is 25.7 Å². The van der Waals surface area contributed by atoms with Gasteiger partial charge < -0.3 is 5.11 Å². The van der Waals surface area contributed by atoms with Gasteiger partial charge in [-0.15, -0.1) is 0 Å². The number of carboxylic acids is 1. The highest BCUT2D eigenvalue weighted by atomic mass is 32.2.